The van der Waals surface area contributed by atoms with Crippen molar-refractivity contribution in [2.75, 3.05) is 31.6 Å². The Morgan fingerprint density at radius 3 is 2.79 bits per heavy atom. The number of hydrogen-bond donors (Lipinski definition) is 2. The molecule has 132 valence electrons. The van der Waals surface area contributed by atoms with Gasteiger partial charge in [-0.3, -0.25) is 0 Å². The zero-order chi connectivity index (χ0) is 17.2. The number of benzene rings is 1. The average molecular weight is 343 g/mol. The standard InChI is InChI=1S/C16H20F3N3O2/c1-10-7-23-13(10)6-20-12-4-2-3-11(14(12)17)5-21-15-22-8-16(18,19)9-24-15/h2-4,10,13,20H,5-9H2,1H3,(H,21,22)/t10?,13-/m0/s1. The van der Waals surface area contributed by atoms with Gasteiger partial charge in [0.2, 0.25) is 0 Å². The summed E-state index contributed by atoms with van der Waals surface area (Å²) in [7, 11) is 0. The summed E-state index contributed by atoms with van der Waals surface area (Å²) >= 11 is 0. The molecule has 0 aliphatic carbocycles. The van der Waals surface area contributed by atoms with Crippen molar-refractivity contribution in [3.63, 3.8) is 0 Å². The number of halogens is 3. The Morgan fingerprint density at radius 1 is 1.33 bits per heavy atom. The maximum absolute atomic E-state index is 14.5. The van der Waals surface area contributed by atoms with E-state index in [1.165, 1.54) is 0 Å². The molecule has 1 saturated heterocycles. The fourth-order valence-electron chi connectivity index (χ4n) is 2.48. The molecule has 5 nitrogen and oxygen atoms in total. The van der Waals surface area contributed by atoms with E-state index in [2.05, 4.69) is 22.5 Å². The second-order valence-corrected chi connectivity index (χ2v) is 6.13. The van der Waals surface area contributed by atoms with Gasteiger partial charge < -0.3 is 20.1 Å². The van der Waals surface area contributed by atoms with Crippen LogP contribution in [0, 0.1) is 11.7 Å². The number of nitrogens with zero attached hydrogens (tertiary/aromatic N) is 1. The molecular weight excluding hydrogens is 323 g/mol. The van der Waals surface area contributed by atoms with Crippen molar-refractivity contribution in [1.82, 2.24) is 5.32 Å². The lowest BCUT2D eigenvalue weighted by Crippen LogP contribution is -2.42. The summed E-state index contributed by atoms with van der Waals surface area (Å²) < 4.78 is 50.6. The van der Waals surface area contributed by atoms with Crippen LogP contribution in [0.15, 0.2) is 23.2 Å². The summed E-state index contributed by atoms with van der Waals surface area (Å²) in [6.07, 6.45) is 0.0952. The van der Waals surface area contributed by atoms with Gasteiger partial charge in [0.05, 0.1) is 18.4 Å². The molecule has 2 atom stereocenters. The van der Waals surface area contributed by atoms with Crippen LogP contribution in [0.3, 0.4) is 0 Å². The number of nitrogens with one attached hydrogen (secondary N) is 2. The minimum atomic E-state index is -2.94. The molecule has 1 unspecified atom stereocenters. The quantitative estimate of drug-likeness (QED) is 0.862. The number of alkyl halides is 2. The smallest absolute Gasteiger partial charge is 0.300 e. The summed E-state index contributed by atoms with van der Waals surface area (Å²) in [4.78, 5) is 3.61. The van der Waals surface area contributed by atoms with Crippen LogP contribution >= 0.6 is 0 Å². The molecule has 8 heteroatoms. The van der Waals surface area contributed by atoms with E-state index < -0.39 is 24.9 Å². The van der Waals surface area contributed by atoms with Crippen molar-refractivity contribution in [2.45, 2.75) is 25.5 Å². The predicted octanol–water partition coefficient (Wildman–Crippen LogP) is 2.38. The lowest BCUT2D eigenvalue weighted by atomic mass is 10.0. The first-order valence-electron chi connectivity index (χ1n) is 7.86. The third kappa shape index (κ3) is 3.92. The van der Waals surface area contributed by atoms with Crippen molar-refractivity contribution in [3.05, 3.63) is 29.6 Å². The van der Waals surface area contributed by atoms with Crippen LogP contribution in [0.2, 0.25) is 0 Å². The zero-order valence-electron chi connectivity index (χ0n) is 13.3. The fourth-order valence-corrected chi connectivity index (χ4v) is 2.48. The average Bonchev–Trinajstić information content (AvgIpc) is 2.55. The molecule has 0 spiro atoms. The number of rotatable bonds is 5. The number of aliphatic imine (C=N–C) groups is 1. The van der Waals surface area contributed by atoms with Gasteiger partial charge in [-0.25, -0.2) is 18.2 Å². The number of ether oxygens (including phenoxy) is 2. The van der Waals surface area contributed by atoms with Crippen LogP contribution in [-0.2, 0) is 16.0 Å². The van der Waals surface area contributed by atoms with Crippen molar-refractivity contribution in [3.8, 4) is 0 Å². The molecule has 1 fully saturated rings. The third-order valence-corrected chi connectivity index (χ3v) is 4.08. The third-order valence-electron chi connectivity index (χ3n) is 4.08. The maximum Gasteiger partial charge on any atom is 0.300 e. The monoisotopic (exact) mass is 343 g/mol. The first-order chi connectivity index (χ1) is 11.4. The maximum atomic E-state index is 14.5. The molecule has 24 heavy (non-hydrogen) atoms. The van der Waals surface area contributed by atoms with Crippen molar-refractivity contribution >= 4 is 11.7 Å². The Kier molecular flexibility index (Phi) is 4.84. The van der Waals surface area contributed by atoms with E-state index in [-0.39, 0.29) is 18.7 Å². The molecule has 1 aromatic carbocycles. The van der Waals surface area contributed by atoms with Gasteiger partial charge in [-0.2, -0.15) is 0 Å². The Bertz CT molecular complexity index is 625. The Morgan fingerprint density at radius 2 is 2.17 bits per heavy atom. The molecular formula is C16H20F3N3O2. The van der Waals surface area contributed by atoms with E-state index >= 15 is 0 Å². The molecule has 2 aliphatic heterocycles. The molecule has 0 saturated carbocycles. The molecule has 0 aromatic heterocycles. The van der Waals surface area contributed by atoms with Crippen LogP contribution in [0.5, 0.6) is 0 Å². The normalized spacial score (nSPS) is 25.2. The first kappa shape index (κ1) is 16.9. The SMILES string of the molecule is CC1CO[C@H]1CNc1cccc(CNC2=NCC(F)(F)CO2)c1F. The lowest BCUT2D eigenvalue weighted by molar-refractivity contribution is -0.0968. The molecule has 0 radical (unpaired) electrons. The number of anilines is 1. The van der Waals surface area contributed by atoms with Crippen LogP contribution < -0.4 is 10.6 Å². The molecule has 2 heterocycles. The number of hydrogen-bond acceptors (Lipinski definition) is 5. The minimum Gasteiger partial charge on any atom is -0.459 e. The first-order valence-corrected chi connectivity index (χ1v) is 7.86. The zero-order valence-corrected chi connectivity index (χ0v) is 13.3. The summed E-state index contributed by atoms with van der Waals surface area (Å²) in [6, 6.07) is 5.01. The molecule has 2 N–H and O–H groups in total. The van der Waals surface area contributed by atoms with E-state index in [1.807, 2.05) is 0 Å². The van der Waals surface area contributed by atoms with Crippen molar-refractivity contribution in [1.29, 1.82) is 0 Å². The minimum absolute atomic E-state index is 0.00961. The summed E-state index contributed by atoms with van der Waals surface area (Å²) in [5.74, 6) is -2.87. The molecule has 3 rings (SSSR count). The van der Waals surface area contributed by atoms with E-state index in [4.69, 9.17) is 9.47 Å². The van der Waals surface area contributed by atoms with Crippen LogP contribution in [-0.4, -0.2) is 44.4 Å². The van der Waals surface area contributed by atoms with Gasteiger partial charge in [-0.05, 0) is 6.07 Å². The van der Waals surface area contributed by atoms with E-state index in [1.54, 1.807) is 18.2 Å². The van der Waals surface area contributed by atoms with Crippen LogP contribution in [0.1, 0.15) is 12.5 Å². The summed E-state index contributed by atoms with van der Waals surface area (Å²) in [6.45, 7) is 2.12. The second kappa shape index (κ2) is 6.88. The lowest BCUT2D eigenvalue weighted by Gasteiger charge is -2.34. The van der Waals surface area contributed by atoms with Gasteiger partial charge in [0.25, 0.3) is 6.02 Å². The molecule has 0 amide bonds. The molecule has 1 aromatic rings. The van der Waals surface area contributed by atoms with Gasteiger partial charge in [0.15, 0.2) is 12.4 Å². The highest BCUT2D eigenvalue weighted by Crippen LogP contribution is 2.23. The van der Waals surface area contributed by atoms with Gasteiger partial charge in [0, 0.05) is 24.6 Å². The fraction of sp³-hybridized carbons (Fsp3) is 0.562. The van der Waals surface area contributed by atoms with Gasteiger partial charge in [0.1, 0.15) is 6.54 Å². The van der Waals surface area contributed by atoms with E-state index in [9.17, 15) is 13.2 Å². The predicted molar refractivity (Wildman–Crippen MR) is 83.8 cm³/mol. The number of amidine groups is 1. The van der Waals surface area contributed by atoms with Gasteiger partial charge in [-0.1, -0.05) is 19.1 Å². The molecule has 2 aliphatic rings. The highest BCUT2D eigenvalue weighted by Gasteiger charge is 2.34. The van der Waals surface area contributed by atoms with E-state index in [0.717, 1.165) is 6.61 Å². The summed E-state index contributed by atoms with van der Waals surface area (Å²) in [5, 5.41) is 5.79. The Hall–Kier alpha value is -1.96. The largest absolute Gasteiger partial charge is 0.459 e. The highest BCUT2D eigenvalue weighted by atomic mass is 19.3. The van der Waals surface area contributed by atoms with Crippen LogP contribution in [0.25, 0.3) is 0 Å². The topological polar surface area (TPSA) is 54.9 Å². The van der Waals surface area contributed by atoms with Crippen LogP contribution in [0.4, 0.5) is 18.9 Å². The summed E-state index contributed by atoms with van der Waals surface area (Å²) in [5.41, 5.74) is 0.779. The molecule has 0 bridgehead atoms. The highest BCUT2D eigenvalue weighted by molar-refractivity contribution is 5.74. The Labute approximate surface area is 138 Å². The Balaban J connectivity index is 1.56. The van der Waals surface area contributed by atoms with Crippen molar-refractivity contribution < 1.29 is 22.6 Å². The van der Waals surface area contributed by atoms with Gasteiger partial charge >= 0.3 is 5.92 Å². The van der Waals surface area contributed by atoms with E-state index in [0.29, 0.717) is 23.7 Å². The van der Waals surface area contributed by atoms with Gasteiger partial charge in [-0.15, -0.1) is 0 Å². The second-order valence-electron chi connectivity index (χ2n) is 6.13. The van der Waals surface area contributed by atoms with Crippen molar-refractivity contribution in [2.24, 2.45) is 10.9 Å².